The Hall–Kier alpha value is -1.54. The van der Waals surface area contributed by atoms with E-state index < -0.39 is 0 Å². The Bertz CT molecular complexity index is 758. The van der Waals surface area contributed by atoms with E-state index >= 15 is 0 Å². The van der Waals surface area contributed by atoms with Crippen molar-refractivity contribution in [1.29, 1.82) is 0 Å². The van der Waals surface area contributed by atoms with E-state index in [0.29, 0.717) is 0 Å². The van der Waals surface area contributed by atoms with Crippen LogP contribution in [0.4, 0.5) is 0 Å². The fraction of sp³-hybridized carbons (Fsp3) is 0.630. The minimum Gasteiger partial charge on any atom is -0.494 e. The molecule has 0 atom stereocenters. The molecule has 1 heterocycles. The number of benzene rings is 2. The molecular formula is C27H39NO. The van der Waals surface area contributed by atoms with Crippen LogP contribution < -0.4 is 4.74 Å². The summed E-state index contributed by atoms with van der Waals surface area (Å²) < 4.78 is 5.98. The summed E-state index contributed by atoms with van der Waals surface area (Å²) in [5.74, 6) is 3.00. The van der Waals surface area contributed by atoms with Crippen molar-refractivity contribution in [2.24, 2.45) is 11.8 Å². The maximum absolute atomic E-state index is 5.98. The van der Waals surface area contributed by atoms with Crippen LogP contribution in [0.15, 0.2) is 36.4 Å². The number of hydrogen-bond donors (Lipinski definition) is 0. The topological polar surface area (TPSA) is 12.5 Å². The normalized spacial score (nSPS) is 18.8. The Morgan fingerprint density at radius 2 is 1.59 bits per heavy atom. The lowest BCUT2D eigenvalue weighted by atomic mass is 9.76. The van der Waals surface area contributed by atoms with Crippen LogP contribution in [0.2, 0.25) is 0 Å². The van der Waals surface area contributed by atoms with Crippen LogP contribution in [0, 0.1) is 11.8 Å². The molecule has 1 saturated carbocycles. The van der Waals surface area contributed by atoms with Gasteiger partial charge < -0.3 is 4.74 Å². The van der Waals surface area contributed by atoms with Crippen molar-refractivity contribution in [2.75, 3.05) is 19.7 Å². The van der Waals surface area contributed by atoms with Crippen LogP contribution in [-0.2, 0) is 6.54 Å². The first kappa shape index (κ1) is 20.7. The molecule has 0 aromatic heterocycles. The van der Waals surface area contributed by atoms with Gasteiger partial charge in [-0.15, -0.1) is 0 Å². The average molecular weight is 394 g/mol. The van der Waals surface area contributed by atoms with Gasteiger partial charge in [0.25, 0.3) is 0 Å². The summed E-state index contributed by atoms with van der Waals surface area (Å²) in [6.07, 6.45) is 13.8. The Balaban J connectivity index is 1.24. The third kappa shape index (κ3) is 5.75. The maximum Gasteiger partial charge on any atom is 0.119 e. The van der Waals surface area contributed by atoms with Crippen LogP contribution in [0.1, 0.15) is 76.7 Å². The third-order valence-corrected chi connectivity index (χ3v) is 7.10. The Labute approximate surface area is 177 Å². The minimum atomic E-state index is 0.838. The first-order valence-electron chi connectivity index (χ1n) is 12.2. The summed E-state index contributed by atoms with van der Waals surface area (Å²) in [7, 11) is 0. The van der Waals surface area contributed by atoms with Crippen LogP contribution >= 0.6 is 0 Å². The van der Waals surface area contributed by atoms with Gasteiger partial charge in [-0.05, 0) is 52.8 Å². The number of nitrogens with zero attached hydrogens (tertiary/aromatic N) is 1. The van der Waals surface area contributed by atoms with Crippen molar-refractivity contribution < 1.29 is 4.74 Å². The van der Waals surface area contributed by atoms with Gasteiger partial charge >= 0.3 is 0 Å². The zero-order valence-corrected chi connectivity index (χ0v) is 18.4. The standard InChI is InChI=1S/C27H39NO/c1-2-3-4-5-9-16-29-27-15-14-24-17-22(12-13-25(24)18-27)19-28-20-26(21-28)23-10-7-6-8-11-23/h12-15,17-18,23,26H,2-11,16,19-21H2,1H3. The number of hydrogen-bond acceptors (Lipinski definition) is 2. The van der Waals surface area contributed by atoms with E-state index in [-0.39, 0.29) is 0 Å². The van der Waals surface area contributed by atoms with Crippen molar-refractivity contribution in [3.63, 3.8) is 0 Å². The molecule has 0 bridgehead atoms. The van der Waals surface area contributed by atoms with Crippen LogP contribution in [0.3, 0.4) is 0 Å². The van der Waals surface area contributed by atoms with Gasteiger partial charge in [0.2, 0.25) is 0 Å². The van der Waals surface area contributed by atoms with Crippen molar-refractivity contribution in [2.45, 2.75) is 77.7 Å². The molecule has 2 fully saturated rings. The number of rotatable bonds is 10. The molecule has 0 amide bonds. The molecule has 0 N–H and O–H groups in total. The molecule has 0 unspecified atom stereocenters. The Kier molecular flexibility index (Phi) is 7.49. The van der Waals surface area contributed by atoms with Gasteiger partial charge in [0.15, 0.2) is 0 Å². The minimum absolute atomic E-state index is 0.838. The van der Waals surface area contributed by atoms with Gasteiger partial charge in [0.1, 0.15) is 5.75 Å². The molecule has 2 aromatic rings. The average Bonchev–Trinajstić information content (AvgIpc) is 2.73. The molecule has 2 heteroatoms. The quantitative estimate of drug-likeness (QED) is 0.396. The molecular weight excluding hydrogens is 354 g/mol. The van der Waals surface area contributed by atoms with E-state index in [9.17, 15) is 0 Å². The molecule has 0 radical (unpaired) electrons. The third-order valence-electron chi connectivity index (χ3n) is 7.10. The second-order valence-corrected chi connectivity index (χ2v) is 9.46. The number of fused-ring (bicyclic) bond motifs is 1. The lowest BCUT2D eigenvalue weighted by Crippen LogP contribution is -2.49. The highest BCUT2D eigenvalue weighted by atomic mass is 16.5. The monoisotopic (exact) mass is 393 g/mol. The lowest BCUT2D eigenvalue weighted by Gasteiger charge is -2.45. The lowest BCUT2D eigenvalue weighted by molar-refractivity contribution is 0.0366. The van der Waals surface area contributed by atoms with E-state index in [4.69, 9.17) is 4.74 Å². The van der Waals surface area contributed by atoms with Crippen LogP contribution in [0.5, 0.6) is 5.75 Å². The molecule has 2 aliphatic rings. The molecule has 158 valence electrons. The van der Waals surface area contributed by atoms with Crippen molar-refractivity contribution in [3.05, 3.63) is 42.0 Å². The summed E-state index contributed by atoms with van der Waals surface area (Å²) >= 11 is 0. The van der Waals surface area contributed by atoms with Crippen LogP contribution in [0.25, 0.3) is 10.8 Å². The van der Waals surface area contributed by atoms with Crippen molar-refractivity contribution in [1.82, 2.24) is 4.90 Å². The van der Waals surface area contributed by atoms with Gasteiger partial charge in [0, 0.05) is 19.6 Å². The first-order chi connectivity index (χ1) is 14.3. The highest BCUT2D eigenvalue weighted by Crippen LogP contribution is 2.35. The summed E-state index contributed by atoms with van der Waals surface area (Å²) in [5, 5.41) is 2.63. The highest BCUT2D eigenvalue weighted by Gasteiger charge is 2.33. The molecule has 1 aliphatic carbocycles. The Morgan fingerprint density at radius 1 is 0.828 bits per heavy atom. The fourth-order valence-corrected chi connectivity index (χ4v) is 5.26. The number of unbranched alkanes of at least 4 members (excludes halogenated alkanes) is 4. The second kappa shape index (κ2) is 10.5. The van der Waals surface area contributed by atoms with Gasteiger partial charge in [-0.1, -0.05) is 82.9 Å². The SMILES string of the molecule is CCCCCCCOc1ccc2cc(CN3CC(C4CCCCC4)C3)ccc2c1. The number of ether oxygens (including phenoxy) is 1. The summed E-state index contributed by atoms with van der Waals surface area (Å²) in [6.45, 7) is 6.83. The molecule has 4 rings (SSSR count). The fourth-order valence-electron chi connectivity index (χ4n) is 5.26. The number of likely N-dealkylation sites (tertiary alicyclic amines) is 1. The van der Waals surface area contributed by atoms with E-state index in [1.165, 1.54) is 87.2 Å². The molecule has 1 saturated heterocycles. The van der Waals surface area contributed by atoms with Crippen LogP contribution in [-0.4, -0.2) is 24.6 Å². The van der Waals surface area contributed by atoms with Crippen molar-refractivity contribution in [3.8, 4) is 5.75 Å². The predicted molar refractivity (Wildman–Crippen MR) is 124 cm³/mol. The molecule has 2 aromatic carbocycles. The van der Waals surface area contributed by atoms with Gasteiger partial charge in [0.05, 0.1) is 6.61 Å². The molecule has 0 spiro atoms. The predicted octanol–water partition coefficient (Wildman–Crippen LogP) is 7.20. The van der Waals surface area contributed by atoms with E-state index in [1.54, 1.807) is 0 Å². The zero-order chi connectivity index (χ0) is 19.9. The largest absolute Gasteiger partial charge is 0.494 e. The summed E-state index contributed by atoms with van der Waals surface area (Å²) in [4.78, 5) is 2.64. The van der Waals surface area contributed by atoms with Gasteiger partial charge in [-0.2, -0.15) is 0 Å². The van der Waals surface area contributed by atoms with Crippen molar-refractivity contribution >= 4 is 10.8 Å². The summed E-state index contributed by atoms with van der Waals surface area (Å²) in [6, 6.07) is 13.5. The smallest absolute Gasteiger partial charge is 0.119 e. The highest BCUT2D eigenvalue weighted by molar-refractivity contribution is 5.84. The maximum atomic E-state index is 5.98. The molecule has 1 aliphatic heterocycles. The van der Waals surface area contributed by atoms with E-state index in [1.807, 2.05) is 0 Å². The Morgan fingerprint density at radius 3 is 2.41 bits per heavy atom. The van der Waals surface area contributed by atoms with E-state index in [2.05, 4.69) is 48.2 Å². The molecule has 2 nitrogen and oxygen atoms in total. The van der Waals surface area contributed by atoms with Gasteiger partial charge in [-0.3, -0.25) is 4.90 Å². The van der Waals surface area contributed by atoms with Gasteiger partial charge in [-0.25, -0.2) is 0 Å². The molecule has 29 heavy (non-hydrogen) atoms. The van der Waals surface area contributed by atoms with E-state index in [0.717, 1.165) is 37.2 Å². The zero-order valence-electron chi connectivity index (χ0n) is 18.4. The first-order valence-corrected chi connectivity index (χ1v) is 12.2. The second-order valence-electron chi connectivity index (χ2n) is 9.46. The summed E-state index contributed by atoms with van der Waals surface area (Å²) in [5.41, 5.74) is 1.45.